The molecule has 0 aliphatic carbocycles. The average molecular weight is 669 g/mol. The summed E-state index contributed by atoms with van der Waals surface area (Å²) in [4.78, 5) is 29.2. The van der Waals surface area contributed by atoms with Crippen LogP contribution >= 0.6 is 39.1 Å². The Balaban J connectivity index is 2.09. The number of carbonyl (C=O) groups is 2. The van der Waals surface area contributed by atoms with Crippen molar-refractivity contribution in [1.29, 1.82) is 0 Å². The molecule has 11 heteroatoms. The molecule has 1 N–H and O–H groups in total. The minimum absolute atomic E-state index is 0.0715. The van der Waals surface area contributed by atoms with Crippen molar-refractivity contribution < 1.29 is 18.0 Å². The van der Waals surface area contributed by atoms with Crippen LogP contribution in [0.5, 0.6) is 0 Å². The fraction of sp³-hybridized carbons (Fsp3) is 0.310. The molecule has 1 atom stereocenters. The molecule has 0 spiro atoms. The van der Waals surface area contributed by atoms with Gasteiger partial charge >= 0.3 is 0 Å². The first-order valence-electron chi connectivity index (χ1n) is 12.5. The fourth-order valence-corrected chi connectivity index (χ4v) is 5.62. The Kier molecular flexibility index (Phi) is 10.7. The van der Waals surface area contributed by atoms with Gasteiger partial charge in [0.05, 0.1) is 17.0 Å². The molecule has 214 valence electrons. The van der Waals surface area contributed by atoms with Crippen LogP contribution in [0.3, 0.4) is 0 Å². The molecule has 3 aromatic carbocycles. The molecule has 0 aromatic heterocycles. The van der Waals surface area contributed by atoms with Gasteiger partial charge in [0.1, 0.15) is 12.6 Å². The number of rotatable bonds is 10. The summed E-state index contributed by atoms with van der Waals surface area (Å²) in [6.07, 6.45) is 1.21. The third-order valence-corrected chi connectivity index (χ3v) is 8.10. The van der Waals surface area contributed by atoms with Crippen LogP contribution in [0, 0.1) is 0 Å². The molecule has 3 rings (SSSR count). The van der Waals surface area contributed by atoms with Gasteiger partial charge in [-0.2, -0.15) is 0 Å². The quantitative estimate of drug-likeness (QED) is 0.284. The molecular weight excluding hydrogens is 637 g/mol. The van der Waals surface area contributed by atoms with Gasteiger partial charge in [0.2, 0.25) is 21.8 Å². The summed E-state index contributed by atoms with van der Waals surface area (Å²) >= 11 is 15.9. The van der Waals surface area contributed by atoms with Crippen molar-refractivity contribution in [2.75, 3.05) is 17.1 Å². The molecule has 3 aromatic rings. The summed E-state index contributed by atoms with van der Waals surface area (Å²) in [5, 5.41) is 3.37. The van der Waals surface area contributed by atoms with E-state index in [1.165, 1.54) is 23.1 Å². The van der Waals surface area contributed by atoms with E-state index < -0.39 is 34.1 Å². The van der Waals surface area contributed by atoms with E-state index in [1.54, 1.807) is 0 Å². The zero-order valence-electron chi connectivity index (χ0n) is 22.7. The number of nitrogens with zero attached hydrogens (tertiary/aromatic N) is 2. The van der Waals surface area contributed by atoms with Crippen LogP contribution in [0.4, 0.5) is 5.69 Å². The van der Waals surface area contributed by atoms with Crippen molar-refractivity contribution in [3.05, 3.63) is 98.4 Å². The fourth-order valence-electron chi connectivity index (χ4n) is 4.07. The standard InChI is InChI=1S/C29H32BrCl2N3O4S/c1-29(2,3)33-28(37)26(16-20-8-6-5-7-9-20)34(18-21-10-12-22(30)13-11-21)27(36)19-35(40(4,38)39)25-17-23(31)14-15-24(25)32/h5-15,17,26H,16,18-19H2,1-4H3,(H,33,37)/t26-/m1/s1. The smallest absolute Gasteiger partial charge is 0.244 e. The summed E-state index contributed by atoms with van der Waals surface area (Å²) < 4.78 is 27.6. The molecule has 0 heterocycles. The summed E-state index contributed by atoms with van der Waals surface area (Å²) in [6.45, 7) is 5.07. The molecule has 0 unspecified atom stereocenters. The topological polar surface area (TPSA) is 86.8 Å². The first-order valence-corrected chi connectivity index (χ1v) is 15.9. The minimum atomic E-state index is -3.96. The lowest BCUT2D eigenvalue weighted by atomic mass is 10.0. The van der Waals surface area contributed by atoms with Gasteiger partial charge in [-0.15, -0.1) is 0 Å². The number of hydrogen-bond donors (Lipinski definition) is 1. The van der Waals surface area contributed by atoms with Gasteiger partial charge < -0.3 is 10.2 Å². The number of amides is 2. The van der Waals surface area contributed by atoms with Gasteiger partial charge in [-0.1, -0.05) is 81.6 Å². The van der Waals surface area contributed by atoms with Gasteiger partial charge in [0.25, 0.3) is 0 Å². The molecule has 40 heavy (non-hydrogen) atoms. The second kappa shape index (κ2) is 13.4. The maximum atomic E-state index is 14.1. The zero-order valence-corrected chi connectivity index (χ0v) is 26.6. The van der Waals surface area contributed by atoms with Gasteiger partial charge in [0, 0.05) is 28.0 Å². The van der Waals surface area contributed by atoms with E-state index in [1.807, 2.05) is 75.4 Å². The lowest BCUT2D eigenvalue weighted by Gasteiger charge is -2.35. The molecular formula is C29H32BrCl2N3O4S. The Bertz CT molecular complexity index is 1450. The molecule has 2 amide bonds. The first kappa shape index (κ1) is 31.9. The molecule has 7 nitrogen and oxygen atoms in total. The van der Waals surface area contributed by atoms with Crippen LogP contribution in [0.2, 0.25) is 10.0 Å². The number of nitrogens with one attached hydrogen (secondary N) is 1. The second-order valence-electron chi connectivity index (χ2n) is 10.5. The third-order valence-electron chi connectivity index (χ3n) is 5.89. The Morgan fingerprint density at radius 2 is 1.57 bits per heavy atom. The largest absolute Gasteiger partial charge is 0.350 e. The van der Waals surface area contributed by atoms with Crippen LogP contribution in [0.25, 0.3) is 0 Å². The average Bonchev–Trinajstić information content (AvgIpc) is 2.86. The number of carbonyl (C=O) groups excluding carboxylic acids is 2. The minimum Gasteiger partial charge on any atom is -0.350 e. The predicted octanol–water partition coefficient (Wildman–Crippen LogP) is 6.08. The van der Waals surface area contributed by atoms with Crippen LogP contribution in [0.1, 0.15) is 31.9 Å². The van der Waals surface area contributed by atoms with Crippen LogP contribution < -0.4 is 9.62 Å². The lowest BCUT2D eigenvalue weighted by molar-refractivity contribution is -0.140. The highest BCUT2D eigenvalue weighted by molar-refractivity contribution is 9.10. The van der Waals surface area contributed by atoms with Crippen molar-refractivity contribution in [2.24, 2.45) is 0 Å². The normalized spacial score (nSPS) is 12.5. The van der Waals surface area contributed by atoms with Crippen molar-refractivity contribution in [3.63, 3.8) is 0 Å². The van der Waals surface area contributed by atoms with Crippen molar-refractivity contribution in [2.45, 2.75) is 45.3 Å². The van der Waals surface area contributed by atoms with E-state index >= 15 is 0 Å². The predicted molar refractivity (Wildman–Crippen MR) is 165 cm³/mol. The monoisotopic (exact) mass is 667 g/mol. The second-order valence-corrected chi connectivity index (χ2v) is 14.1. The van der Waals surface area contributed by atoms with Crippen molar-refractivity contribution >= 4 is 66.7 Å². The summed E-state index contributed by atoms with van der Waals surface area (Å²) in [5.41, 5.74) is 1.13. The maximum absolute atomic E-state index is 14.1. The first-order chi connectivity index (χ1) is 18.6. The molecule has 0 aliphatic rings. The van der Waals surface area contributed by atoms with Crippen LogP contribution in [0.15, 0.2) is 77.3 Å². The highest BCUT2D eigenvalue weighted by Crippen LogP contribution is 2.31. The van der Waals surface area contributed by atoms with Crippen LogP contribution in [-0.4, -0.2) is 49.5 Å². The van der Waals surface area contributed by atoms with E-state index in [0.29, 0.717) is 0 Å². The van der Waals surface area contributed by atoms with Gasteiger partial charge in [0.15, 0.2) is 0 Å². The number of halogens is 3. The number of anilines is 1. The van der Waals surface area contributed by atoms with E-state index in [-0.39, 0.29) is 34.6 Å². The molecule has 0 saturated carbocycles. The zero-order chi connectivity index (χ0) is 29.7. The Morgan fingerprint density at radius 3 is 2.15 bits per heavy atom. The van der Waals surface area contributed by atoms with E-state index in [2.05, 4.69) is 21.2 Å². The summed E-state index contributed by atoms with van der Waals surface area (Å²) in [6, 6.07) is 20.2. The highest BCUT2D eigenvalue weighted by Gasteiger charge is 2.34. The highest BCUT2D eigenvalue weighted by atomic mass is 79.9. The van der Waals surface area contributed by atoms with Gasteiger partial charge in [-0.25, -0.2) is 8.42 Å². The SMILES string of the molecule is CC(C)(C)NC(=O)[C@@H](Cc1ccccc1)N(Cc1ccc(Br)cc1)C(=O)CN(c1cc(Cl)ccc1Cl)S(C)(=O)=O. The van der Waals surface area contributed by atoms with E-state index in [0.717, 1.165) is 26.2 Å². The van der Waals surface area contributed by atoms with Crippen molar-refractivity contribution in [3.8, 4) is 0 Å². The molecule has 0 bridgehead atoms. The Hall–Kier alpha value is -2.59. The van der Waals surface area contributed by atoms with Crippen LogP contribution in [-0.2, 0) is 32.6 Å². The third kappa shape index (κ3) is 9.23. The van der Waals surface area contributed by atoms with Crippen molar-refractivity contribution in [1.82, 2.24) is 10.2 Å². The molecule has 0 aliphatic heterocycles. The van der Waals surface area contributed by atoms with E-state index in [4.69, 9.17) is 23.2 Å². The molecule has 0 saturated heterocycles. The number of hydrogen-bond acceptors (Lipinski definition) is 4. The van der Waals surface area contributed by atoms with Gasteiger partial charge in [-0.05, 0) is 62.2 Å². The number of sulfonamides is 1. The summed E-state index contributed by atoms with van der Waals surface area (Å²) in [7, 11) is -3.96. The van der Waals surface area contributed by atoms with Gasteiger partial charge in [-0.3, -0.25) is 13.9 Å². The molecule has 0 fully saturated rings. The number of benzene rings is 3. The molecule has 0 radical (unpaired) electrons. The Morgan fingerprint density at radius 1 is 0.950 bits per heavy atom. The van der Waals surface area contributed by atoms with E-state index in [9.17, 15) is 18.0 Å². The lowest BCUT2D eigenvalue weighted by Crippen LogP contribution is -2.56. The maximum Gasteiger partial charge on any atom is 0.244 e. The Labute approximate surface area is 254 Å². The summed E-state index contributed by atoms with van der Waals surface area (Å²) in [5.74, 6) is -0.928.